The van der Waals surface area contributed by atoms with Gasteiger partial charge in [0.15, 0.2) is 10.9 Å². The Morgan fingerprint density at radius 1 is 1.03 bits per heavy atom. The molecule has 1 unspecified atom stereocenters. The molecule has 1 aliphatic heterocycles. The molecule has 0 aliphatic carbocycles. The van der Waals surface area contributed by atoms with Gasteiger partial charge in [0.25, 0.3) is 5.91 Å². The number of benzene rings is 3. The van der Waals surface area contributed by atoms with Crippen molar-refractivity contribution < 1.29 is 19.4 Å². The third-order valence-corrected chi connectivity index (χ3v) is 8.31. The van der Waals surface area contributed by atoms with Crippen LogP contribution >= 0.6 is 34.3 Å². The predicted molar refractivity (Wildman–Crippen MR) is 150 cm³/mol. The summed E-state index contributed by atoms with van der Waals surface area (Å²) in [7, 11) is 0. The summed E-state index contributed by atoms with van der Waals surface area (Å²) < 4.78 is 6.71. The third-order valence-electron chi connectivity index (χ3n) is 6.19. The second-order valence-electron chi connectivity index (χ2n) is 8.60. The van der Waals surface area contributed by atoms with Gasteiger partial charge >= 0.3 is 0 Å². The summed E-state index contributed by atoms with van der Waals surface area (Å²) in [5.41, 5.74) is 2.37. The van der Waals surface area contributed by atoms with Crippen LogP contribution in [0.1, 0.15) is 26.8 Å². The normalized spacial score (nSPS) is 15.4. The highest BCUT2D eigenvalue weighted by Gasteiger charge is 2.46. The molecule has 1 aliphatic rings. The van der Waals surface area contributed by atoms with Gasteiger partial charge in [0.1, 0.15) is 12.4 Å². The number of amides is 1. The van der Waals surface area contributed by atoms with E-state index in [2.05, 4.69) is 4.98 Å². The molecule has 0 spiro atoms. The molecule has 1 atom stereocenters. The fourth-order valence-corrected chi connectivity index (χ4v) is 6.31. The number of anilines is 1. The number of rotatable bonds is 7. The van der Waals surface area contributed by atoms with Gasteiger partial charge in [-0.15, -0.1) is 11.3 Å². The van der Waals surface area contributed by atoms with Gasteiger partial charge in [0.05, 0.1) is 26.7 Å². The largest absolute Gasteiger partial charge is 0.503 e. The van der Waals surface area contributed by atoms with Crippen LogP contribution in [0.4, 0.5) is 5.13 Å². The summed E-state index contributed by atoms with van der Waals surface area (Å²) in [5.74, 6) is -1.01. The predicted octanol–water partition coefficient (Wildman–Crippen LogP) is 7.37. The Labute approximate surface area is 231 Å². The lowest BCUT2D eigenvalue weighted by Gasteiger charge is -2.24. The number of hydrogen-bond acceptors (Lipinski definition) is 7. The number of ether oxygens (including phenoxy) is 1. The summed E-state index contributed by atoms with van der Waals surface area (Å²) in [6.45, 7) is 0.408. The van der Waals surface area contributed by atoms with Gasteiger partial charge in [0, 0.05) is 5.02 Å². The van der Waals surface area contributed by atoms with E-state index in [1.807, 2.05) is 30.3 Å². The first-order valence-electron chi connectivity index (χ1n) is 11.7. The summed E-state index contributed by atoms with van der Waals surface area (Å²) >= 11 is 8.69. The van der Waals surface area contributed by atoms with Crippen LogP contribution in [0.5, 0.6) is 5.75 Å². The second kappa shape index (κ2) is 10.1. The Morgan fingerprint density at radius 3 is 2.55 bits per heavy atom. The molecule has 3 heterocycles. The van der Waals surface area contributed by atoms with Gasteiger partial charge in [-0.1, -0.05) is 71.5 Å². The van der Waals surface area contributed by atoms with Gasteiger partial charge in [0.2, 0.25) is 5.78 Å². The number of carbonyl (C=O) groups excluding carboxylic acids is 2. The monoisotopic (exact) mass is 558 g/mol. The highest BCUT2D eigenvalue weighted by Crippen LogP contribution is 2.45. The van der Waals surface area contributed by atoms with Gasteiger partial charge in [-0.2, -0.15) is 0 Å². The minimum atomic E-state index is -0.865. The molecule has 3 aromatic carbocycles. The van der Waals surface area contributed by atoms with E-state index in [-0.39, 0.29) is 5.57 Å². The molecule has 6 nitrogen and oxygen atoms in total. The lowest BCUT2D eigenvalue weighted by atomic mass is 9.95. The number of hydrogen-bond donors (Lipinski definition) is 1. The van der Waals surface area contributed by atoms with Gasteiger partial charge in [-0.3, -0.25) is 14.5 Å². The maximum absolute atomic E-state index is 13.5. The molecule has 1 N–H and O–H groups in total. The van der Waals surface area contributed by atoms with E-state index in [1.165, 1.54) is 27.6 Å². The number of ketones is 1. The summed E-state index contributed by atoms with van der Waals surface area (Å²) in [6.07, 6.45) is 0. The van der Waals surface area contributed by atoms with E-state index in [0.717, 1.165) is 10.3 Å². The average Bonchev–Trinajstić information content (AvgIpc) is 3.67. The number of aliphatic hydroxyl groups excluding tert-OH is 1. The molecule has 1 amide bonds. The van der Waals surface area contributed by atoms with Crippen LogP contribution in [-0.4, -0.2) is 21.8 Å². The van der Waals surface area contributed by atoms with Crippen molar-refractivity contribution in [1.82, 2.24) is 4.98 Å². The molecule has 0 saturated carbocycles. The van der Waals surface area contributed by atoms with Crippen LogP contribution in [0.25, 0.3) is 10.2 Å². The molecule has 0 fully saturated rings. The minimum Gasteiger partial charge on any atom is -0.503 e. The maximum Gasteiger partial charge on any atom is 0.296 e. The lowest BCUT2D eigenvalue weighted by Crippen LogP contribution is -2.30. The summed E-state index contributed by atoms with van der Waals surface area (Å²) in [6, 6.07) is 24.9. The molecule has 0 saturated heterocycles. The molecule has 188 valence electrons. The number of Topliss-reactive ketones (excluding diaryl/α,β-unsaturated/α-hetero) is 1. The number of aliphatic hydroxyl groups is 1. The van der Waals surface area contributed by atoms with Crippen molar-refractivity contribution in [2.24, 2.45) is 0 Å². The van der Waals surface area contributed by atoms with E-state index in [9.17, 15) is 14.7 Å². The van der Waals surface area contributed by atoms with Gasteiger partial charge < -0.3 is 9.84 Å². The highest BCUT2D eigenvalue weighted by molar-refractivity contribution is 7.22. The summed E-state index contributed by atoms with van der Waals surface area (Å²) in [5, 5.41) is 13.7. The number of halogens is 1. The van der Waals surface area contributed by atoms with Crippen LogP contribution < -0.4 is 9.64 Å². The Hall–Kier alpha value is -3.98. The fourth-order valence-electron chi connectivity index (χ4n) is 4.37. The minimum absolute atomic E-state index is 0.0210. The number of carbonyl (C=O) groups is 2. The third kappa shape index (κ3) is 4.47. The molecule has 6 rings (SSSR count). The number of thiazole rings is 1. The zero-order valence-electron chi connectivity index (χ0n) is 19.7. The van der Waals surface area contributed by atoms with Crippen LogP contribution in [-0.2, 0) is 11.4 Å². The molecule has 38 heavy (non-hydrogen) atoms. The number of aromatic nitrogens is 1. The van der Waals surface area contributed by atoms with E-state index in [0.29, 0.717) is 38.5 Å². The standard InChI is InChI=1S/C29H19ClN2O4S2/c30-19-10-13-21-23(15-19)38-29(31-21)32-25(24(27(34)28(32)35)26(33)22-7-4-14-37-22)18-8-11-20(12-9-18)36-16-17-5-2-1-3-6-17/h1-15,25,34H,16H2. The van der Waals surface area contributed by atoms with Crippen LogP contribution in [0.3, 0.4) is 0 Å². The summed E-state index contributed by atoms with van der Waals surface area (Å²) in [4.78, 5) is 33.4. The van der Waals surface area contributed by atoms with Crippen molar-refractivity contribution in [3.63, 3.8) is 0 Å². The molecular weight excluding hydrogens is 540 g/mol. The van der Waals surface area contributed by atoms with Crippen molar-refractivity contribution >= 4 is 61.3 Å². The van der Waals surface area contributed by atoms with E-state index < -0.39 is 23.5 Å². The number of fused-ring (bicyclic) bond motifs is 1. The van der Waals surface area contributed by atoms with Gasteiger partial charge in [-0.05, 0) is 52.9 Å². The zero-order chi connectivity index (χ0) is 26.2. The Balaban J connectivity index is 1.39. The van der Waals surface area contributed by atoms with Crippen molar-refractivity contribution in [2.75, 3.05) is 4.90 Å². The Kier molecular flexibility index (Phi) is 6.45. The van der Waals surface area contributed by atoms with Crippen LogP contribution in [0.15, 0.2) is 102 Å². The first kappa shape index (κ1) is 24.4. The first-order chi connectivity index (χ1) is 18.5. The second-order valence-corrected chi connectivity index (χ2v) is 11.0. The molecule has 5 aromatic rings. The number of nitrogens with zero attached hydrogens (tertiary/aromatic N) is 2. The van der Waals surface area contributed by atoms with Crippen LogP contribution in [0.2, 0.25) is 5.02 Å². The number of thiophene rings is 1. The van der Waals surface area contributed by atoms with E-state index in [4.69, 9.17) is 16.3 Å². The Bertz CT molecular complexity index is 1680. The van der Waals surface area contributed by atoms with Gasteiger partial charge in [-0.25, -0.2) is 4.98 Å². The first-order valence-corrected chi connectivity index (χ1v) is 13.7. The maximum atomic E-state index is 13.5. The lowest BCUT2D eigenvalue weighted by molar-refractivity contribution is -0.117. The van der Waals surface area contributed by atoms with E-state index >= 15 is 0 Å². The van der Waals surface area contributed by atoms with E-state index in [1.54, 1.807) is 60.0 Å². The van der Waals surface area contributed by atoms with Crippen LogP contribution in [0, 0.1) is 0 Å². The van der Waals surface area contributed by atoms with Crippen molar-refractivity contribution in [3.05, 3.63) is 123 Å². The fraction of sp³-hybridized carbons (Fsp3) is 0.0690. The molecule has 2 aromatic heterocycles. The van der Waals surface area contributed by atoms with Crippen molar-refractivity contribution in [2.45, 2.75) is 12.6 Å². The Morgan fingerprint density at radius 2 is 1.82 bits per heavy atom. The topological polar surface area (TPSA) is 79.7 Å². The average molecular weight is 559 g/mol. The molecule has 9 heteroatoms. The SMILES string of the molecule is O=C(C1=C(O)C(=O)N(c2nc3ccc(Cl)cc3s2)C1c1ccc(OCc2ccccc2)cc1)c1cccs1. The quantitative estimate of drug-likeness (QED) is 0.211. The molecule has 0 bridgehead atoms. The zero-order valence-corrected chi connectivity index (χ0v) is 22.1. The van der Waals surface area contributed by atoms with Crippen molar-refractivity contribution in [3.8, 4) is 5.75 Å². The highest BCUT2D eigenvalue weighted by atomic mass is 35.5. The molecular formula is C29H19ClN2O4S2. The smallest absolute Gasteiger partial charge is 0.296 e. The molecule has 0 radical (unpaired) electrons. The van der Waals surface area contributed by atoms with Crippen molar-refractivity contribution in [1.29, 1.82) is 0 Å².